The third-order valence-electron chi connectivity index (χ3n) is 7.77. The lowest BCUT2D eigenvalue weighted by Crippen LogP contribution is -2.50. The number of hydrogen-bond donors (Lipinski definition) is 0. The minimum Gasteiger partial charge on any atom is -0.314 e. The maximum Gasteiger partial charge on any atom is 0.169 e. The van der Waals surface area contributed by atoms with Crippen molar-refractivity contribution < 1.29 is 4.79 Å². The van der Waals surface area contributed by atoms with E-state index in [0.717, 1.165) is 59.8 Å². The molecule has 0 aliphatic heterocycles. The average molecular weight is 498 g/mol. The Morgan fingerprint density at radius 1 is 0.935 bits per heavy atom. The molecule has 7 rings (SSSR count). The average Bonchev–Trinajstić information content (AvgIpc) is 3.09. The Kier molecular flexibility index (Phi) is 5.76. The number of aromatic nitrogens is 2. The van der Waals surface area contributed by atoms with Crippen molar-refractivity contribution in [2.24, 2.45) is 23.2 Å². The standard InChI is InChI=1S/C26H28N2OS.BrH/c29-24(26-13-19-10-20(14-26)12-21(11-19)15-26)17-30-25-27-22-8-4-5-9-23(22)28(25)16-18-6-2-1-3-7-18;/h1-9,19-21H,10-17H2;1H. The minimum absolute atomic E-state index is 0. The van der Waals surface area contributed by atoms with Crippen LogP contribution in [0.25, 0.3) is 11.0 Å². The number of benzene rings is 2. The van der Waals surface area contributed by atoms with Crippen LogP contribution < -0.4 is 0 Å². The molecule has 162 valence electrons. The molecule has 4 aliphatic carbocycles. The number of nitrogens with zero attached hydrogens (tertiary/aromatic N) is 2. The fraction of sp³-hybridized carbons (Fsp3) is 0.462. The van der Waals surface area contributed by atoms with Crippen molar-refractivity contribution in [1.82, 2.24) is 9.55 Å². The van der Waals surface area contributed by atoms with E-state index in [0.29, 0.717) is 11.5 Å². The summed E-state index contributed by atoms with van der Waals surface area (Å²) >= 11 is 1.65. The predicted molar refractivity (Wildman–Crippen MR) is 132 cm³/mol. The van der Waals surface area contributed by atoms with Gasteiger partial charge in [0.2, 0.25) is 0 Å². The number of thioether (sulfide) groups is 1. The number of imidazole rings is 1. The second-order valence-corrected chi connectivity index (χ2v) is 10.8. The molecular formula is C26H29BrN2OS. The van der Waals surface area contributed by atoms with Crippen LogP contribution in [0.1, 0.15) is 44.1 Å². The fourth-order valence-electron chi connectivity index (χ4n) is 6.82. The van der Waals surface area contributed by atoms with Gasteiger partial charge in [-0.15, -0.1) is 17.0 Å². The SMILES string of the molecule is Br.O=C(CSc1nc2ccccc2n1Cc1ccccc1)C12CC3CC(CC(C3)C1)C2. The molecule has 4 aliphatic rings. The number of fused-ring (bicyclic) bond motifs is 1. The number of rotatable bonds is 6. The van der Waals surface area contributed by atoms with Gasteiger partial charge in [-0.2, -0.15) is 0 Å². The lowest BCUT2D eigenvalue weighted by atomic mass is 9.48. The molecule has 1 heterocycles. The van der Waals surface area contributed by atoms with Crippen LogP contribution in [0.3, 0.4) is 0 Å². The fourth-order valence-corrected chi connectivity index (χ4v) is 7.87. The highest BCUT2D eigenvalue weighted by Gasteiger charge is 2.54. The number of para-hydroxylation sites is 2. The van der Waals surface area contributed by atoms with Gasteiger partial charge in [0.1, 0.15) is 5.78 Å². The van der Waals surface area contributed by atoms with Gasteiger partial charge in [-0.25, -0.2) is 4.98 Å². The maximum atomic E-state index is 13.5. The van der Waals surface area contributed by atoms with Crippen LogP contribution in [-0.4, -0.2) is 21.1 Å². The predicted octanol–water partition coefficient (Wildman–Crippen LogP) is 6.54. The van der Waals surface area contributed by atoms with E-state index in [9.17, 15) is 4.79 Å². The number of Topliss-reactive ketones (excluding diaryl/α,β-unsaturated/α-hetero) is 1. The highest BCUT2D eigenvalue weighted by Crippen LogP contribution is 2.60. The molecule has 0 amide bonds. The Hall–Kier alpha value is -1.59. The molecule has 3 aromatic rings. The van der Waals surface area contributed by atoms with E-state index in [2.05, 4.69) is 53.1 Å². The van der Waals surface area contributed by atoms with E-state index >= 15 is 0 Å². The Morgan fingerprint density at radius 3 is 2.23 bits per heavy atom. The van der Waals surface area contributed by atoms with E-state index in [1.165, 1.54) is 24.8 Å². The summed E-state index contributed by atoms with van der Waals surface area (Å²) in [7, 11) is 0. The summed E-state index contributed by atoms with van der Waals surface area (Å²) < 4.78 is 2.28. The van der Waals surface area contributed by atoms with Gasteiger partial charge in [-0.1, -0.05) is 54.2 Å². The summed E-state index contributed by atoms with van der Waals surface area (Å²) in [6.07, 6.45) is 7.60. The minimum atomic E-state index is -0.0158. The van der Waals surface area contributed by atoms with Crippen molar-refractivity contribution in [2.75, 3.05) is 5.75 Å². The van der Waals surface area contributed by atoms with Crippen molar-refractivity contribution in [3.05, 3.63) is 60.2 Å². The molecular weight excluding hydrogens is 468 g/mol. The van der Waals surface area contributed by atoms with Crippen LogP contribution in [0.2, 0.25) is 0 Å². The summed E-state index contributed by atoms with van der Waals surface area (Å²) in [4.78, 5) is 18.4. The molecule has 4 saturated carbocycles. The largest absolute Gasteiger partial charge is 0.314 e. The first-order valence-corrected chi connectivity index (χ1v) is 12.3. The summed E-state index contributed by atoms with van der Waals surface area (Å²) in [5.41, 5.74) is 3.40. The zero-order valence-corrected chi connectivity index (χ0v) is 20.2. The number of carbonyl (C=O) groups excluding carboxylic acids is 1. The van der Waals surface area contributed by atoms with Crippen molar-refractivity contribution in [3.63, 3.8) is 0 Å². The zero-order valence-electron chi connectivity index (χ0n) is 17.7. The van der Waals surface area contributed by atoms with E-state index in [-0.39, 0.29) is 22.4 Å². The molecule has 31 heavy (non-hydrogen) atoms. The molecule has 1 aromatic heterocycles. The van der Waals surface area contributed by atoms with Crippen molar-refractivity contribution in [3.8, 4) is 0 Å². The smallest absolute Gasteiger partial charge is 0.169 e. The Labute approximate surface area is 198 Å². The van der Waals surface area contributed by atoms with Crippen LogP contribution in [0.5, 0.6) is 0 Å². The van der Waals surface area contributed by atoms with E-state index < -0.39 is 0 Å². The number of hydrogen-bond acceptors (Lipinski definition) is 3. The first kappa shape index (κ1) is 21.3. The summed E-state index contributed by atoms with van der Waals surface area (Å²) in [6, 6.07) is 18.8. The van der Waals surface area contributed by atoms with Gasteiger partial charge in [0.15, 0.2) is 5.16 Å². The number of carbonyl (C=O) groups is 1. The maximum absolute atomic E-state index is 13.5. The number of ketones is 1. The van der Waals surface area contributed by atoms with Crippen molar-refractivity contribution >= 4 is 45.6 Å². The van der Waals surface area contributed by atoms with Gasteiger partial charge in [-0.05, 0) is 74.0 Å². The Bertz CT molecular complexity index is 1060. The van der Waals surface area contributed by atoms with Gasteiger partial charge in [0, 0.05) is 5.41 Å². The molecule has 3 nitrogen and oxygen atoms in total. The molecule has 4 fully saturated rings. The van der Waals surface area contributed by atoms with Crippen molar-refractivity contribution in [2.45, 2.75) is 50.2 Å². The third kappa shape index (κ3) is 3.89. The molecule has 5 heteroatoms. The van der Waals surface area contributed by atoms with Crippen LogP contribution in [0, 0.1) is 23.2 Å². The summed E-state index contributed by atoms with van der Waals surface area (Å²) in [6.45, 7) is 0.787. The zero-order chi connectivity index (χ0) is 20.1. The van der Waals surface area contributed by atoms with E-state index in [1.54, 1.807) is 11.8 Å². The Morgan fingerprint density at radius 2 is 1.55 bits per heavy atom. The number of halogens is 1. The van der Waals surface area contributed by atoms with E-state index in [1.807, 2.05) is 6.07 Å². The highest BCUT2D eigenvalue weighted by atomic mass is 79.9. The highest BCUT2D eigenvalue weighted by molar-refractivity contribution is 8.93. The van der Waals surface area contributed by atoms with Crippen LogP contribution in [0.15, 0.2) is 59.8 Å². The van der Waals surface area contributed by atoms with Gasteiger partial charge in [-0.3, -0.25) is 4.79 Å². The lowest BCUT2D eigenvalue weighted by Gasteiger charge is -2.56. The molecule has 4 bridgehead atoms. The Balaban J connectivity index is 0.00000204. The third-order valence-corrected chi connectivity index (χ3v) is 8.74. The molecule has 0 N–H and O–H groups in total. The second-order valence-electron chi connectivity index (χ2n) is 9.86. The molecule has 2 aromatic carbocycles. The van der Waals surface area contributed by atoms with Gasteiger partial charge in [0.05, 0.1) is 23.3 Å². The summed E-state index contributed by atoms with van der Waals surface area (Å²) in [5, 5.41) is 0.970. The normalized spacial score (nSPS) is 28.6. The first-order valence-electron chi connectivity index (χ1n) is 11.3. The molecule has 0 saturated heterocycles. The second kappa shape index (κ2) is 8.40. The van der Waals surface area contributed by atoms with Gasteiger partial charge < -0.3 is 4.57 Å². The quantitative estimate of drug-likeness (QED) is 0.363. The van der Waals surface area contributed by atoms with Gasteiger partial charge >= 0.3 is 0 Å². The van der Waals surface area contributed by atoms with Crippen LogP contribution in [0.4, 0.5) is 0 Å². The molecule has 0 radical (unpaired) electrons. The van der Waals surface area contributed by atoms with Crippen LogP contribution in [-0.2, 0) is 11.3 Å². The monoisotopic (exact) mass is 496 g/mol. The van der Waals surface area contributed by atoms with E-state index in [4.69, 9.17) is 4.98 Å². The summed E-state index contributed by atoms with van der Waals surface area (Å²) in [5.74, 6) is 3.49. The van der Waals surface area contributed by atoms with Crippen LogP contribution >= 0.6 is 28.7 Å². The molecule has 0 atom stereocenters. The van der Waals surface area contributed by atoms with Crippen molar-refractivity contribution in [1.29, 1.82) is 0 Å². The molecule has 0 unspecified atom stereocenters. The first-order chi connectivity index (χ1) is 14.7. The lowest BCUT2D eigenvalue weighted by molar-refractivity contribution is -0.141. The molecule has 0 spiro atoms. The van der Waals surface area contributed by atoms with Gasteiger partial charge in [0.25, 0.3) is 0 Å². The topological polar surface area (TPSA) is 34.9 Å².